The van der Waals surface area contributed by atoms with Gasteiger partial charge >= 0.3 is 6.18 Å². The fourth-order valence-electron chi connectivity index (χ4n) is 1.49. The van der Waals surface area contributed by atoms with Gasteiger partial charge in [0.1, 0.15) is 0 Å². The van der Waals surface area contributed by atoms with Crippen LogP contribution < -0.4 is 11.1 Å². The fraction of sp³-hybridized carbons (Fsp3) is 0.462. The molecule has 1 aromatic carbocycles. The molecular formula is C13H17F3N2O2. The van der Waals surface area contributed by atoms with Gasteiger partial charge in [0.15, 0.2) is 0 Å². The van der Waals surface area contributed by atoms with Gasteiger partial charge < -0.3 is 15.8 Å². The molecule has 1 aromatic rings. The number of carbonyl (C=O) groups is 1. The fourth-order valence-corrected chi connectivity index (χ4v) is 1.49. The van der Waals surface area contributed by atoms with Crippen LogP contribution in [-0.2, 0) is 9.53 Å². The number of anilines is 2. The Morgan fingerprint density at radius 3 is 2.65 bits per heavy atom. The molecule has 4 nitrogen and oxygen atoms in total. The minimum Gasteiger partial charge on any atom is -0.399 e. The van der Waals surface area contributed by atoms with E-state index in [0.717, 1.165) is 5.56 Å². The number of amides is 1. The Morgan fingerprint density at radius 1 is 1.35 bits per heavy atom. The van der Waals surface area contributed by atoms with Gasteiger partial charge in [-0.3, -0.25) is 4.79 Å². The summed E-state index contributed by atoms with van der Waals surface area (Å²) < 4.78 is 40.3. The predicted molar refractivity (Wildman–Crippen MR) is 70.3 cm³/mol. The van der Waals surface area contributed by atoms with Gasteiger partial charge in [0.25, 0.3) is 0 Å². The van der Waals surface area contributed by atoms with Crippen molar-refractivity contribution >= 4 is 17.3 Å². The molecule has 0 bridgehead atoms. The van der Waals surface area contributed by atoms with E-state index in [-0.39, 0.29) is 18.9 Å². The first-order valence-corrected chi connectivity index (χ1v) is 6.08. The highest BCUT2D eigenvalue weighted by atomic mass is 19.4. The lowest BCUT2D eigenvalue weighted by molar-refractivity contribution is -0.145. The molecule has 0 atom stereocenters. The lowest BCUT2D eigenvalue weighted by Crippen LogP contribution is -2.17. The second-order valence-corrected chi connectivity index (χ2v) is 4.35. The van der Waals surface area contributed by atoms with Crippen molar-refractivity contribution in [1.82, 2.24) is 0 Å². The monoisotopic (exact) mass is 290 g/mol. The Hall–Kier alpha value is -1.76. The average Bonchev–Trinajstić information content (AvgIpc) is 2.31. The van der Waals surface area contributed by atoms with E-state index in [4.69, 9.17) is 10.5 Å². The summed E-state index contributed by atoms with van der Waals surface area (Å²) >= 11 is 0. The number of hydrogen-bond donors (Lipinski definition) is 2. The van der Waals surface area contributed by atoms with Crippen molar-refractivity contribution in [3.05, 3.63) is 23.8 Å². The number of aryl methyl sites for hydroxylation is 1. The zero-order chi connectivity index (χ0) is 15.2. The number of carbonyl (C=O) groups excluding carboxylic acids is 1. The van der Waals surface area contributed by atoms with Gasteiger partial charge in [-0.05, 0) is 30.7 Å². The zero-order valence-electron chi connectivity index (χ0n) is 11.1. The molecule has 1 rings (SSSR count). The van der Waals surface area contributed by atoms with Gasteiger partial charge in [0, 0.05) is 11.4 Å². The average molecular weight is 290 g/mol. The first-order valence-electron chi connectivity index (χ1n) is 6.08. The maximum absolute atomic E-state index is 11.8. The second-order valence-electron chi connectivity index (χ2n) is 4.35. The van der Waals surface area contributed by atoms with Crippen molar-refractivity contribution in [3.8, 4) is 0 Å². The maximum Gasteiger partial charge on any atom is 0.391 e. The number of nitrogens with one attached hydrogen (secondary N) is 1. The molecule has 0 saturated heterocycles. The zero-order valence-corrected chi connectivity index (χ0v) is 11.1. The highest BCUT2D eigenvalue weighted by molar-refractivity contribution is 5.91. The molecule has 0 radical (unpaired) electrons. The lowest BCUT2D eigenvalue weighted by Gasteiger charge is -2.10. The summed E-state index contributed by atoms with van der Waals surface area (Å²) in [5, 5.41) is 2.65. The third-order valence-corrected chi connectivity index (χ3v) is 2.53. The molecule has 0 aliphatic carbocycles. The number of benzene rings is 1. The van der Waals surface area contributed by atoms with Crippen molar-refractivity contribution < 1.29 is 22.7 Å². The van der Waals surface area contributed by atoms with Crippen LogP contribution in [0.25, 0.3) is 0 Å². The normalized spacial score (nSPS) is 11.4. The van der Waals surface area contributed by atoms with Crippen LogP contribution in [0.2, 0.25) is 0 Å². The summed E-state index contributed by atoms with van der Waals surface area (Å²) in [4.78, 5) is 11.6. The summed E-state index contributed by atoms with van der Waals surface area (Å²) in [5.74, 6) is -0.315. The highest BCUT2D eigenvalue weighted by Crippen LogP contribution is 2.19. The third kappa shape index (κ3) is 6.42. The van der Waals surface area contributed by atoms with Gasteiger partial charge in [-0.15, -0.1) is 0 Å². The number of nitrogens with two attached hydrogens (primary N) is 1. The van der Waals surface area contributed by atoms with Crippen LogP contribution in [-0.4, -0.2) is 25.3 Å². The minimum absolute atomic E-state index is 0.00166. The van der Waals surface area contributed by atoms with Crippen molar-refractivity contribution in [2.24, 2.45) is 0 Å². The van der Waals surface area contributed by atoms with E-state index in [1.165, 1.54) is 0 Å². The van der Waals surface area contributed by atoms with E-state index in [1.807, 2.05) is 0 Å². The molecule has 3 N–H and O–H groups in total. The number of ether oxygens (including phenoxy) is 1. The van der Waals surface area contributed by atoms with Crippen molar-refractivity contribution in [2.45, 2.75) is 25.9 Å². The van der Waals surface area contributed by atoms with E-state index in [9.17, 15) is 18.0 Å². The van der Waals surface area contributed by atoms with Crippen LogP contribution in [0.1, 0.15) is 18.4 Å². The Kier molecular flexibility index (Phi) is 5.82. The van der Waals surface area contributed by atoms with Gasteiger partial charge in [-0.25, -0.2) is 0 Å². The number of nitrogen functional groups attached to an aromatic ring is 1. The van der Waals surface area contributed by atoms with Crippen LogP contribution >= 0.6 is 0 Å². The van der Waals surface area contributed by atoms with Crippen molar-refractivity contribution in [2.75, 3.05) is 24.3 Å². The summed E-state index contributed by atoms with van der Waals surface area (Å²) in [7, 11) is 0. The predicted octanol–water partition coefficient (Wildman–Crippen LogP) is 2.87. The Bertz CT molecular complexity index is 461. The highest BCUT2D eigenvalue weighted by Gasteiger charge is 2.26. The van der Waals surface area contributed by atoms with Crippen LogP contribution in [0.4, 0.5) is 24.5 Å². The third-order valence-electron chi connectivity index (χ3n) is 2.53. The molecule has 0 heterocycles. The van der Waals surface area contributed by atoms with E-state index in [1.54, 1.807) is 25.1 Å². The number of rotatable bonds is 6. The first-order chi connectivity index (χ1) is 9.28. The number of alkyl halides is 3. The molecule has 20 heavy (non-hydrogen) atoms. The summed E-state index contributed by atoms with van der Waals surface area (Å²) in [6.45, 7) is 1.32. The quantitative estimate of drug-likeness (QED) is 0.625. The molecule has 0 fully saturated rings. The smallest absolute Gasteiger partial charge is 0.391 e. The van der Waals surface area contributed by atoms with E-state index >= 15 is 0 Å². The number of halogens is 3. The van der Waals surface area contributed by atoms with E-state index in [0.29, 0.717) is 11.4 Å². The van der Waals surface area contributed by atoms with Crippen molar-refractivity contribution in [1.29, 1.82) is 0 Å². The molecular weight excluding hydrogens is 273 g/mol. The SMILES string of the molecule is Cc1cc(N)ccc1NC(=O)CCOCCC(F)(F)F. The Labute approximate surface area is 115 Å². The topological polar surface area (TPSA) is 64.3 Å². The van der Waals surface area contributed by atoms with Crippen LogP contribution in [0.3, 0.4) is 0 Å². The molecule has 0 aromatic heterocycles. The maximum atomic E-state index is 11.8. The summed E-state index contributed by atoms with van der Waals surface area (Å²) in [6, 6.07) is 5.05. The molecule has 112 valence electrons. The summed E-state index contributed by atoms with van der Waals surface area (Å²) in [6.07, 6.45) is -5.24. The molecule has 0 aliphatic rings. The van der Waals surface area contributed by atoms with Crippen LogP contribution in [0.5, 0.6) is 0 Å². The lowest BCUT2D eigenvalue weighted by atomic mass is 10.2. The van der Waals surface area contributed by atoms with Gasteiger partial charge in [-0.2, -0.15) is 13.2 Å². The van der Waals surface area contributed by atoms with Gasteiger partial charge in [0.05, 0.1) is 26.1 Å². The Morgan fingerprint density at radius 2 is 2.05 bits per heavy atom. The molecule has 1 amide bonds. The number of hydrogen-bond acceptors (Lipinski definition) is 3. The summed E-state index contributed by atoms with van der Waals surface area (Å²) in [5.41, 5.74) is 7.62. The largest absolute Gasteiger partial charge is 0.399 e. The van der Waals surface area contributed by atoms with Crippen LogP contribution in [0, 0.1) is 6.92 Å². The van der Waals surface area contributed by atoms with Gasteiger partial charge in [-0.1, -0.05) is 0 Å². The van der Waals surface area contributed by atoms with Crippen molar-refractivity contribution in [3.63, 3.8) is 0 Å². The van der Waals surface area contributed by atoms with E-state index < -0.39 is 19.2 Å². The van der Waals surface area contributed by atoms with Gasteiger partial charge in [0.2, 0.25) is 5.91 Å². The molecule has 0 aliphatic heterocycles. The molecule has 0 spiro atoms. The standard InChI is InChI=1S/C13H17F3N2O2/c1-9-8-10(17)2-3-11(9)18-12(19)4-6-20-7-5-13(14,15)16/h2-3,8H,4-7,17H2,1H3,(H,18,19). The first kappa shape index (κ1) is 16.3. The van der Waals surface area contributed by atoms with Crippen LogP contribution in [0.15, 0.2) is 18.2 Å². The second kappa shape index (κ2) is 7.14. The van der Waals surface area contributed by atoms with E-state index in [2.05, 4.69) is 5.32 Å². The molecule has 7 heteroatoms. The molecule has 0 unspecified atom stereocenters. The minimum atomic E-state index is -4.23. The molecule has 0 saturated carbocycles. The Balaban J connectivity index is 2.27.